The number of hydrogen-bond acceptors (Lipinski definition) is 3. The van der Waals surface area contributed by atoms with Gasteiger partial charge in [-0.15, -0.1) is 0 Å². The third kappa shape index (κ3) is 1.73. The van der Waals surface area contributed by atoms with Crippen LogP contribution in [0.5, 0.6) is 0 Å². The molecule has 0 bridgehead atoms. The summed E-state index contributed by atoms with van der Waals surface area (Å²) in [5.41, 5.74) is 2.86. The summed E-state index contributed by atoms with van der Waals surface area (Å²) in [7, 11) is 0. The van der Waals surface area contributed by atoms with E-state index in [2.05, 4.69) is 0 Å². The second-order valence-electron chi connectivity index (χ2n) is 4.77. The first-order valence-electron chi connectivity index (χ1n) is 6.31. The van der Waals surface area contributed by atoms with E-state index >= 15 is 0 Å². The Bertz CT molecular complexity index is 686. The van der Waals surface area contributed by atoms with Crippen molar-refractivity contribution in [3.63, 3.8) is 0 Å². The molecule has 0 aliphatic carbocycles. The molecule has 0 saturated heterocycles. The quantitative estimate of drug-likeness (QED) is 0.849. The molecular weight excluding hydrogens is 254 g/mol. The molecule has 4 heteroatoms. The van der Waals surface area contributed by atoms with E-state index in [1.165, 1.54) is 4.90 Å². The van der Waals surface area contributed by atoms with Crippen molar-refractivity contribution in [3.05, 3.63) is 64.7 Å². The molecule has 1 aliphatic heterocycles. The van der Waals surface area contributed by atoms with Crippen molar-refractivity contribution in [2.24, 2.45) is 0 Å². The Morgan fingerprint density at radius 1 is 1.00 bits per heavy atom. The van der Waals surface area contributed by atoms with Crippen LogP contribution in [-0.4, -0.2) is 16.9 Å². The fourth-order valence-corrected chi connectivity index (χ4v) is 2.40. The van der Waals surface area contributed by atoms with Crippen LogP contribution in [0.1, 0.15) is 31.8 Å². The number of amides is 2. The highest BCUT2D eigenvalue weighted by atomic mass is 16.3. The third-order valence-corrected chi connectivity index (χ3v) is 3.49. The molecule has 0 unspecified atom stereocenters. The first-order valence-corrected chi connectivity index (χ1v) is 6.31. The van der Waals surface area contributed by atoms with Crippen LogP contribution in [0.3, 0.4) is 0 Å². The number of aliphatic hydroxyl groups excluding tert-OH is 1. The van der Waals surface area contributed by atoms with E-state index in [4.69, 9.17) is 0 Å². The second-order valence-corrected chi connectivity index (χ2v) is 4.77. The van der Waals surface area contributed by atoms with E-state index < -0.39 is 0 Å². The molecule has 2 aromatic rings. The molecule has 0 fully saturated rings. The molecule has 2 aromatic carbocycles. The molecule has 2 amide bonds. The van der Waals surface area contributed by atoms with Crippen LogP contribution < -0.4 is 4.90 Å². The van der Waals surface area contributed by atoms with E-state index in [1.54, 1.807) is 42.5 Å². The number of imide groups is 1. The minimum atomic E-state index is -0.316. The van der Waals surface area contributed by atoms with Crippen LogP contribution in [0.2, 0.25) is 0 Å². The smallest absolute Gasteiger partial charge is 0.266 e. The number of aliphatic hydroxyl groups is 1. The maximum Gasteiger partial charge on any atom is 0.266 e. The number of nitrogens with zero attached hydrogens (tertiary/aromatic N) is 1. The summed E-state index contributed by atoms with van der Waals surface area (Å²) in [6.45, 7) is 1.70. The van der Waals surface area contributed by atoms with Crippen LogP contribution in [0.25, 0.3) is 0 Å². The highest BCUT2D eigenvalue weighted by Gasteiger charge is 2.36. The number of carbonyl (C=O) groups excluding carboxylic acids is 2. The molecule has 1 N–H and O–H groups in total. The van der Waals surface area contributed by atoms with Crippen LogP contribution in [0, 0.1) is 6.92 Å². The lowest BCUT2D eigenvalue weighted by Crippen LogP contribution is -2.30. The molecule has 1 aliphatic rings. The minimum absolute atomic E-state index is 0.129. The van der Waals surface area contributed by atoms with Gasteiger partial charge in [0.15, 0.2) is 0 Å². The molecule has 0 radical (unpaired) electrons. The van der Waals surface area contributed by atoms with Crippen molar-refractivity contribution in [1.29, 1.82) is 0 Å². The predicted molar refractivity (Wildman–Crippen MR) is 74.7 cm³/mol. The maximum atomic E-state index is 12.4. The molecule has 0 aromatic heterocycles. The fraction of sp³-hybridized carbons (Fsp3) is 0.125. The standard InChI is InChI=1S/C16H13NO3/c1-10-6-7-11(9-18)8-14(10)17-15(19)12-4-2-3-5-13(12)16(17)20/h2-8,18H,9H2,1H3. The zero-order valence-corrected chi connectivity index (χ0v) is 11.0. The highest BCUT2D eigenvalue weighted by Crippen LogP contribution is 2.31. The lowest BCUT2D eigenvalue weighted by atomic mass is 10.1. The Balaban J connectivity index is 2.14. The van der Waals surface area contributed by atoms with Gasteiger partial charge in [0.1, 0.15) is 0 Å². The fourth-order valence-electron chi connectivity index (χ4n) is 2.40. The molecule has 100 valence electrons. The Morgan fingerprint density at radius 3 is 2.15 bits per heavy atom. The van der Waals surface area contributed by atoms with Gasteiger partial charge in [-0.1, -0.05) is 24.3 Å². The zero-order chi connectivity index (χ0) is 14.3. The summed E-state index contributed by atoms with van der Waals surface area (Å²) in [6.07, 6.45) is 0. The van der Waals surface area contributed by atoms with Crippen molar-refractivity contribution >= 4 is 17.5 Å². The second kappa shape index (κ2) is 4.58. The Hall–Kier alpha value is -2.46. The molecule has 20 heavy (non-hydrogen) atoms. The van der Waals surface area contributed by atoms with Gasteiger partial charge in [-0.3, -0.25) is 9.59 Å². The summed E-state index contributed by atoms with van der Waals surface area (Å²) in [4.78, 5) is 26.0. The average molecular weight is 267 g/mol. The van der Waals surface area contributed by atoms with Gasteiger partial charge in [0.2, 0.25) is 0 Å². The van der Waals surface area contributed by atoms with E-state index in [0.29, 0.717) is 22.4 Å². The van der Waals surface area contributed by atoms with Crippen LogP contribution in [0.4, 0.5) is 5.69 Å². The molecule has 0 atom stereocenters. The van der Waals surface area contributed by atoms with Gasteiger partial charge in [-0.05, 0) is 36.2 Å². The predicted octanol–water partition coefficient (Wildman–Crippen LogP) is 2.29. The first kappa shape index (κ1) is 12.6. The summed E-state index contributed by atoms with van der Waals surface area (Å²) in [5.74, 6) is -0.632. The van der Waals surface area contributed by atoms with Gasteiger partial charge in [0.25, 0.3) is 11.8 Å². The lowest BCUT2D eigenvalue weighted by molar-refractivity contribution is 0.0926. The average Bonchev–Trinajstić information content (AvgIpc) is 2.72. The van der Waals surface area contributed by atoms with Crippen LogP contribution in [0.15, 0.2) is 42.5 Å². The Labute approximate surface area is 116 Å². The van der Waals surface area contributed by atoms with Crippen molar-refractivity contribution in [2.45, 2.75) is 13.5 Å². The number of anilines is 1. The summed E-state index contributed by atoms with van der Waals surface area (Å²) < 4.78 is 0. The number of hydrogen-bond donors (Lipinski definition) is 1. The molecule has 1 heterocycles. The Morgan fingerprint density at radius 2 is 1.60 bits per heavy atom. The topological polar surface area (TPSA) is 57.6 Å². The van der Waals surface area contributed by atoms with Gasteiger partial charge < -0.3 is 5.11 Å². The minimum Gasteiger partial charge on any atom is -0.392 e. The normalized spacial score (nSPS) is 13.8. The maximum absolute atomic E-state index is 12.4. The van der Waals surface area contributed by atoms with Crippen molar-refractivity contribution in [3.8, 4) is 0 Å². The van der Waals surface area contributed by atoms with Crippen molar-refractivity contribution in [2.75, 3.05) is 4.90 Å². The SMILES string of the molecule is Cc1ccc(CO)cc1N1C(=O)c2ccccc2C1=O. The molecule has 4 nitrogen and oxygen atoms in total. The van der Waals surface area contributed by atoms with Gasteiger partial charge >= 0.3 is 0 Å². The number of benzene rings is 2. The zero-order valence-electron chi connectivity index (χ0n) is 11.0. The molecular formula is C16H13NO3. The van der Waals surface area contributed by atoms with Gasteiger partial charge in [0.05, 0.1) is 23.4 Å². The van der Waals surface area contributed by atoms with E-state index in [-0.39, 0.29) is 18.4 Å². The summed E-state index contributed by atoms with van der Waals surface area (Å²) >= 11 is 0. The van der Waals surface area contributed by atoms with Gasteiger partial charge in [0, 0.05) is 0 Å². The molecule has 0 saturated carbocycles. The highest BCUT2D eigenvalue weighted by molar-refractivity contribution is 6.34. The van der Waals surface area contributed by atoms with E-state index in [1.807, 2.05) is 6.92 Å². The first-order chi connectivity index (χ1) is 9.63. The number of rotatable bonds is 2. The van der Waals surface area contributed by atoms with Gasteiger partial charge in [-0.2, -0.15) is 0 Å². The van der Waals surface area contributed by atoms with E-state index in [0.717, 1.165) is 5.56 Å². The number of carbonyl (C=O) groups is 2. The Kier molecular flexibility index (Phi) is 2.88. The van der Waals surface area contributed by atoms with Crippen molar-refractivity contribution in [1.82, 2.24) is 0 Å². The number of aryl methyl sites for hydroxylation is 1. The van der Waals surface area contributed by atoms with Crippen molar-refractivity contribution < 1.29 is 14.7 Å². The van der Waals surface area contributed by atoms with Crippen LogP contribution >= 0.6 is 0 Å². The largest absolute Gasteiger partial charge is 0.392 e. The summed E-state index contributed by atoms with van der Waals surface area (Å²) in [5, 5.41) is 9.21. The monoisotopic (exact) mass is 267 g/mol. The van der Waals surface area contributed by atoms with Gasteiger partial charge in [-0.25, -0.2) is 4.90 Å². The molecule has 3 rings (SSSR count). The molecule has 0 spiro atoms. The summed E-state index contributed by atoms with van der Waals surface area (Å²) in [6, 6.07) is 12.0. The lowest BCUT2D eigenvalue weighted by Gasteiger charge is -2.17. The third-order valence-electron chi connectivity index (χ3n) is 3.49. The van der Waals surface area contributed by atoms with E-state index in [9.17, 15) is 14.7 Å². The van der Waals surface area contributed by atoms with Crippen LogP contribution in [-0.2, 0) is 6.61 Å². The number of fused-ring (bicyclic) bond motifs is 1.